The molecular weight excluding hydrogens is 414 g/mol. The quantitative estimate of drug-likeness (QED) is 0.412. The molecule has 3 aromatic heterocycles. The molecule has 0 amide bonds. The average molecular weight is 440 g/mol. The fourth-order valence-corrected chi connectivity index (χ4v) is 4.67. The van der Waals surface area contributed by atoms with Crippen LogP contribution in [0.5, 0.6) is 0 Å². The van der Waals surface area contributed by atoms with E-state index in [0.717, 1.165) is 22.8 Å². The number of benzene rings is 1. The van der Waals surface area contributed by atoms with Gasteiger partial charge in [-0.2, -0.15) is 0 Å². The largest absolute Gasteiger partial charge is 0.351 e. The molecule has 1 fully saturated rings. The van der Waals surface area contributed by atoms with Gasteiger partial charge in [-0.05, 0) is 72.2 Å². The topological polar surface area (TPSA) is 46.0 Å². The molecule has 1 saturated heterocycles. The van der Waals surface area contributed by atoms with Gasteiger partial charge in [0.25, 0.3) is 0 Å². The van der Waals surface area contributed by atoms with Gasteiger partial charge in [0.15, 0.2) is 5.11 Å². The second-order valence-electron chi connectivity index (χ2n) is 8.25. The first kappa shape index (κ1) is 20.4. The van der Waals surface area contributed by atoms with Gasteiger partial charge < -0.3 is 14.8 Å². The number of rotatable bonds is 5. The molecule has 1 aromatic carbocycles. The van der Waals surface area contributed by atoms with Crippen LogP contribution in [0.1, 0.15) is 48.8 Å². The van der Waals surface area contributed by atoms with Crippen molar-refractivity contribution in [3.8, 4) is 5.69 Å². The Morgan fingerprint density at radius 2 is 1.66 bits per heavy atom. The minimum atomic E-state index is -0.0797. The molecule has 160 valence electrons. The van der Waals surface area contributed by atoms with Crippen LogP contribution in [0.2, 0.25) is 0 Å². The number of hydrogen-bond donors (Lipinski definition) is 1. The first-order chi connectivity index (χ1) is 15.6. The van der Waals surface area contributed by atoms with Crippen LogP contribution in [-0.4, -0.2) is 19.6 Å². The van der Waals surface area contributed by atoms with E-state index < -0.39 is 0 Å². The van der Waals surface area contributed by atoms with E-state index in [-0.39, 0.29) is 12.1 Å². The zero-order valence-corrected chi connectivity index (χ0v) is 18.9. The van der Waals surface area contributed by atoms with Gasteiger partial charge in [0, 0.05) is 41.9 Å². The van der Waals surface area contributed by atoms with Crippen molar-refractivity contribution in [3.05, 3.63) is 108 Å². The van der Waals surface area contributed by atoms with E-state index in [2.05, 4.69) is 87.3 Å². The normalized spacial score (nSPS) is 18.2. The summed E-state index contributed by atoms with van der Waals surface area (Å²) in [7, 11) is 0. The first-order valence-electron chi connectivity index (χ1n) is 10.8. The van der Waals surface area contributed by atoms with Gasteiger partial charge in [0.2, 0.25) is 0 Å². The molecule has 1 aliphatic rings. The predicted molar refractivity (Wildman–Crippen MR) is 132 cm³/mol. The van der Waals surface area contributed by atoms with E-state index >= 15 is 0 Å². The lowest BCUT2D eigenvalue weighted by atomic mass is 9.99. The van der Waals surface area contributed by atoms with Gasteiger partial charge in [0.1, 0.15) is 6.04 Å². The van der Waals surface area contributed by atoms with Crippen molar-refractivity contribution in [3.63, 3.8) is 0 Å². The summed E-state index contributed by atoms with van der Waals surface area (Å²) in [5.74, 6) is 0.480. The number of pyridine rings is 2. The van der Waals surface area contributed by atoms with E-state index in [4.69, 9.17) is 12.2 Å². The highest BCUT2D eigenvalue weighted by molar-refractivity contribution is 7.80. The molecule has 4 heterocycles. The molecular formula is C26H25N5S. The zero-order valence-electron chi connectivity index (χ0n) is 18.1. The van der Waals surface area contributed by atoms with Crippen molar-refractivity contribution in [1.29, 1.82) is 0 Å². The van der Waals surface area contributed by atoms with Crippen LogP contribution in [0.3, 0.4) is 0 Å². The Kier molecular flexibility index (Phi) is 5.45. The molecule has 0 unspecified atom stereocenters. The number of nitrogens with zero attached hydrogens (tertiary/aromatic N) is 4. The van der Waals surface area contributed by atoms with Gasteiger partial charge in [0.05, 0.1) is 11.7 Å². The molecule has 0 aliphatic carbocycles. The van der Waals surface area contributed by atoms with E-state index in [1.54, 1.807) is 0 Å². The number of hydrogen-bond acceptors (Lipinski definition) is 3. The minimum absolute atomic E-state index is 0.0644. The molecule has 1 N–H and O–H groups in total. The Bertz CT molecular complexity index is 1200. The van der Waals surface area contributed by atoms with Crippen LogP contribution < -0.4 is 10.2 Å². The van der Waals surface area contributed by atoms with Gasteiger partial charge in [-0.15, -0.1) is 0 Å². The standard InChI is InChI=1S/C26H25N5S/c1-18(2)19-8-10-21(11-9-19)31-25(24(29-26(31)32)22-6-3-4-14-28-22)23-7-5-17-30(23)20-12-15-27-16-13-20/h3-18,24-25H,1-2H3,(H,29,32)/t24-,25+/m0/s1. The maximum Gasteiger partial charge on any atom is 0.174 e. The van der Waals surface area contributed by atoms with Gasteiger partial charge in [-0.25, -0.2) is 0 Å². The van der Waals surface area contributed by atoms with E-state index in [1.165, 1.54) is 5.56 Å². The Labute approximate surface area is 193 Å². The SMILES string of the molecule is CC(C)c1ccc(N2C(=S)N[C@@H](c3ccccn3)[C@H]2c2cccn2-c2ccncc2)cc1. The second-order valence-corrected chi connectivity index (χ2v) is 8.64. The smallest absolute Gasteiger partial charge is 0.174 e. The summed E-state index contributed by atoms with van der Waals surface area (Å²) in [6, 6.07) is 22.8. The van der Waals surface area contributed by atoms with Crippen LogP contribution in [0, 0.1) is 0 Å². The van der Waals surface area contributed by atoms with Crippen molar-refractivity contribution in [2.75, 3.05) is 4.90 Å². The van der Waals surface area contributed by atoms with Crippen molar-refractivity contribution >= 4 is 23.0 Å². The molecule has 0 bridgehead atoms. The molecule has 5 nitrogen and oxygen atoms in total. The number of nitrogens with one attached hydrogen (secondary N) is 1. The zero-order chi connectivity index (χ0) is 22.1. The van der Waals surface area contributed by atoms with E-state index in [0.29, 0.717) is 11.0 Å². The molecule has 5 rings (SSSR count). The Balaban J connectivity index is 1.64. The molecule has 32 heavy (non-hydrogen) atoms. The molecule has 0 spiro atoms. The predicted octanol–water partition coefficient (Wildman–Crippen LogP) is 5.57. The van der Waals surface area contributed by atoms with Crippen molar-refractivity contribution < 1.29 is 0 Å². The van der Waals surface area contributed by atoms with Crippen molar-refractivity contribution in [1.82, 2.24) is 19.9 Å². The molecule has 1 aliphatic heterocycles. The average Bonchev–Trinajstić information content (AvgIpc) is 3.44. The fraction of sp³-hybridized carbons (Fsp3) is 0.192. The lowest BCUT2D eigenvalue weighted by molar-refractivity contribution is 0.549. The minimum Gasteiger partial charge on any atom is -0.351 e. The van der Waals surface area contributed by atoms with Crippen molar-refractivity contribution in [2.24, 2.45) is 0 Å². The molecule has 4 aromatic rings. The summed E-state index contributed by atoms with van der Waals surface area (Å²) in [4.78, 5) is 11.0. The highest BCUT2D eigenvalue weighted by atomic mass is 32.1. The van der Waals surface area contributed by atoms with Crippen molar-refractivity contribution in [2.45, 2.75) is 31.8 Å². The summed E-state index contributed by atoms with van der Waals surface area (Å²) >= 11 is 5.86. The van der Waals surface area contributed by atoms with Gasteiger partial charge in [-0.1, -0.05) is 32.0 Å². The maximum atomic E-state index is 5.86. The molecule has 6 heteroatoms. The molecule has 2 atom stereocenters. The highest BCUT2D eigenvalue weighted by Gasteiger charge is 2.42. The monoisotopic (exact) mass is 439 g/mol. The summed E-state index contributed by atoms with van der Waals surface area (Å²) in [5.41, 5.74) is 5.53. The Morgan fingerprint density at radius 1 is 0.875 bits per heavy atom. The highest BCUT2D eigenvalue weighted by Crippen LogP contribution is 2.42. The Hall–Kier alpha value is -3.51. The lowest BCUT2D eigenvalue weighted by Crippen LogP contribution is -2.30. The van der Waals surface area contributed by atoms with Crippen LogP contribution in [0.15, 0.2) is 91.5 Å². The summed E-state index contributed by atoms with van der Waals surface area (Å²) in [6.07, 6.45) is 7.55. The fourth-order valence-electron chi connectivity index (χ4n) is 4.33. The number of anilines is 1. The third kappa shape index (κ3) is 3.67. The summed E-state index contributed by atoms with van der Waals surface area (Å²) in [6.45, 7) is 4.41. The Morgan fingerprint density at radius 3 is 2.34 bits per heavy atom. The van der Waals surface area contributed by atoms with E-state index in [9.17, 15) is 0 Å². The van der Waals surface area contributed by atoms with Crippen LogP contribution in [-0.2, 0) is 0 Å². The third-order valence-electron chi connectivity index (χ3n) is 5.96. The first-order valence-corrected chi connectivity index (χ1v) is 11.2. The third-order valence-corrected chi connectivity index (χ3v) is 6.27. The molecule has 0 saturated carbocycles. The summed E-state index contributed by atoms with van der Waals surface area (Å²) < 4.78 is 2.20. The summed E-state index contributed by atoms with van der Waals surface area (Å²) in [5, 5.41) is 4.24. The van der Waals surface area contributed by atoms with Gasteiger partial charge >= 0.3 is 0 Å². The van der Waals surface area contributed by atoms with Crippen LogP contribution in [0.4, 0.5) is 5.69 Å². The molecule has 0 radical (unpaired) electrons. The van der Waals surface area contributed by atoms with Crippen LogP contribution >= 0.6 is 12.2 Å². The number of thiocarbonyl (C=S) groups is 1. The lowest BCUT2D eigenvalue weighted by Gasteiger charge is -2.29. The number of aromatic nitrogens is 3. The maximum absolute atomic E-state index is 5.86. The van der Waals surface area contributed by atoms with Crippen LogP contribution in [0.25, 0.3) is 5.69 Å². The van der Waals surface area contributed by atoms with E-state index in [1.807, 2.05) is 42.9 Å². The second kappa shape index (κ2) is 8.55. The van der Waals surface area contributed by atoms with Gasteiger partial charge in [-0.3, -0.25) is 9.97 Å².